The van der Waals surface area contributed by atoms with Crippen LogP contribution in [0.5, 0.6) is 0 Å². The van der Waals surface area contributed by atoms with Crippen molar-refractivity contribution in [1.29, 1.82) is 0 Å². The first-order valence-corrected chi connectivity index (χ1v) is 13.6. The Labute approximate surface area is 144 Å². The lowest BCUT2D eigenvalue weighted by Crippen LogP contribution is -2.58. The van der Waals surface area contributed by atoms with Gasteiger partial charge in [0.1, 0.15) is 0 Å². The zero-order chi connectivity index (χ0) is 16.8. The highest BCUT2D eigenvalue weighted by Gasteiger charge is 2.56. The van der Waals surface area contributed by atoms with Gasteiger partial charge in [0, 0.05) is 45.2 Å². The second-order valence-electron chi connectivity index (χ2n) is 7.29. The fourth-order valence-electron chi connectivity index (χ4n) is 4.84. The molecule has 0 atom stereocenters. The molecular weight excluding hydrogens is 324 g/mol. The topological polar surface area (TPSA) is 36.9 Å². The normalized spacial score (nSPS) is 22.4. The summed E-state index contributed by atoms with van der Waals surface area (Å²) in [6, 6.07) is 0. The second kappa shape index (κ2) is 9.10. The molecule has 0 unspecified atom stereocenters. The summed E-state index contributed by atoms with van der Waals surface area (Å²) >= 11 is 0. The smallest absolute Gasteiger partial charge is 0.342 e. The van der Waals surface area contributed by atoms with Crippen LogP contribution >= 0.6 is 0 Å². The summed E-state index contributed by atoms with van der Waals surface area (Å²) in [5, 5.41) is 0. The lowest BCUT2D eigenvalue weighted by molar-refractivity contribution is 0.193. The van der Waals surface area contributed by atoms with Crippen LogP contribution in [0.25, 0.3) is 0 Å². The molecule has 2 rings (SSSR count). The highest BCUT2D eigenvalue weighted by molar-refractivity contribution is 6.87. The Hall–Kier alpha value is 0.274. The predicted octanol–water partition coefficient (Wildman–Crippen LogP) is 4.66. The zero-order valence-electron chi connectivity index (χ0n) is 15.6. The van der Waals surface area contributed by atoms with Crippen LogP contribution in [0.2, 0.25) is 16.7 Å². The van der Waals surface area contributed by atoms with Gasteiger partial charge in [0.25, 0.3) is 0 Å². The standard InChI is InChI=1S/C17H36O4Si2/c1-18-22(19-2,16-11-7-5-8-12-16)15-23(20-3,21-4)17-13-9-6-10-14-17/h16-17H,5-15H2,1-4H3. The van der Waals surface area contributed by atoms with E-state index in [4.69, 9.17) is 17.7 Å². The average molecular weight is 361 g/mol. The van der Waals surface area contributed by atoms with Gasteiger partial charge in [0.05, 0.1) is 0 Å². The molecule has 0 aliphatic heterocycles. The van der Waals surface area contributed by atoms with Gasteiger partial charge in [-0.15, -0.1) is 0 Å². The van der Waals surface area contributed by atoms with Crippen LogP contribution in [0, 0.1) is 0 Å². The monoisotopic (exact) mass is 360 g/mol. The van der Waals surface area contributed by atoms with Crippen molar-refractivity contribution in [2.75, 3.05) is 28.4 Å². The van der Waals surface area contributed by atoms with E-state index in [0.29, 0.717) is 11.1 Å². The fourth-order valence-corrected chi connectivity index (χ4v) is 16.4. The Bertz CT molecular complexity index is 301. The SMILES string of the molecule is CO[Si](C[Si](OC)(OC)C1CCCCC1)(OC)C1CCCCC1. The average Bonchev–Trinajstić information content (AvgIpc) is 2.65. The molecule has 136 valence electrons. The minimum Gasteiger partial charge on any atom is -0.397 e. The van der Waals surface area contributed by atoms with Gasteiger partial charge >= 0.3 is 17.1 Å². The van der Waals surface area contributed by atoms with Crippen LogP contribution in [0.4, 0.5) is 0 Å². The molecule has 0 amide bonds. The second-order valence-corrected chi connectivity index (χ2v) is 15.2. The van der Waals surface area contributed by atoms with Crippen molar-refractivity contribution in [1.82, 2.24) is 0 Å². The molecule has 2 fully saturated rings. The molecule has 2 saturated carbocycles. The number of hydrogen-bond acceptors (Lipinski definition) is 4. The first-order chi connectivity index (χ1) is 11.2. The zero-order valence-corrected chi connectivity index (χ0v) is 17.6. The van der Waals surface area contributed by atoms with Crippen LogP contribution < -0.4 is 0 Å². The van der Waals surface area contributed by atoms with E-state index in [1.54, 1.807) is 0 Å². The van der Waals surface area contributed by atoms with Crippen LogP contribution in [0.1, 0.15) is 64.2 Å². The Morgan fingerprint density at radius 3 is 1.13 bits per heavy atom. The van der Waals surface area contributed by atoms with Crippen molar-refractivity contribution >= 4 is 17.1 Å². The Balaban J connectivity index is 2.22. The predicted molar refractivity (Wildman–Crippen MR) is 98.0 cm³/mol. The lowest BCUT2D eigenvalue weighted by atomic mass is 10.0. The molecule has 2 aliphatic carbocycles. The van der Waals surface area contributed by atoms with E-state index in [-0.39, 0.29) is 0 Å². The van der Waals surface area contributed by atoms with Crippen LogP contribution in [-0.4, -0.2) is 45.6 Å². The molecular formula is C17H36O4Si2. The molecule has 0 radical (unpaired) electrons. The van der Waals surface area contributed by atoms with E-state index < -0.39 is 17.1 Å². The van der Waals surface area contributed by atoms with Gasteiger partial charge in [-0.2, -0.15) is 0 Å². The third kappa shape index (κ3) is 4.28. The minimum absolute atomic E-state index is 0.590. The van der Waals surface area contributed by atoms with E-state index in [9.17, 15) is 0 Å². The molecule has 4 nitrogen and oxygen atoms in total. The fraction of sp³-hybridized carbons (Fsp3) is 1.00. The molecule has 2 aliphatic rings. The number of hydrogen-bond donors (Lipinski definition) is 0. The lowest BCUT2D eigenvalue weighted by Gasteiger charge is -2.44. The van der Waals surface area contributed by atoms with Crippen molar-refractivity contribution in [3.63, 3.8) is 0 Å². The van der Waals surface area contributed by atoms with E-state index in [1.165, 1.54) is 64.2 Å². The molecule has 6 heteroatoms. The summed E-state index contributed by atoms with van der Waals surface area (Å²) in [5.41, 5.74) is 2.11. The summed E-state index contributed by atoms with van der Waals surface area (Å²) in [5.74, 6) is 0. The maximum atomic E-state index is 6.17. The molecule has 0 N–H and O–H groups in total. The van der Waals surface area contributed by atoms with Gasteiger partial charge in [-0.05, 0) is 25.7 Å². The van der Waals surface area contributed by atoms with Crippen molar-refractivity contribution in [3.05, 3.63) is 0 Å². The molecule has 0 aromatic heterocycles. The molecule has 0 spiro atoms. The molecule has 23 heavy (non-hydrogen) atoms. The highest BCUT2D eigenvalue weighted by atomic mass is 28.4. The van der Waals surface area contributed by atoms with Gasteiger partial charge in [-0.1, -0.05) is 38.5 Å². The van der Waals surface area contributed by atoms with Crippen LogP contribution in [0.3, 0.4) is 0 Å². The van der Waals surface area contributed by atoms with Gasteiger partial charge in [0.15, 0.2) is 0 Å². The Morgan fingerprint density at radius 1 is 0.565 bits per heavy atom. The van der Waals surface area contributed by atoms with Gasteiger partial charge in [-0.3, -0.25) is 0 Å². The van der Waals surface area contributed by atoms with Crippen molar-refractivity contribution in [2.24, 2.45) is 0 Å². The van der Waals surface area contributed by atoms with E-state index in [1.807, 2.05) is 28.4 Å². The summed E-state index contributed by atoms with van der Waals surface area (Å²) < 4.78 is 24.7. The first-order valence-electron chi connectivity index (χ1n) is 9.37. The van der Waals surface area contributed by atoms with Crippen LogP contribution in [0.15, 0.2) is 0 Å². The molecule has 0 aromatic carbocycles. The van der Waals surface area contributed by atoms with Crippen LogP contribution in [-0.2, 0) is 17.7 Å². The van der Waals surface area contributed by atoms with E-state index in [2.05, 4.69) is 0 Å². The molecule has 0 saturated heterocycles. The summed E-state index contributed by atoms with van der Waals surface area (Å²) in [4.78, 5) is 0. The van der Waals surface area contributed by atoms with Gasteiger partial charge < -0.3 is 17.7 Å². The summed E-state index contributed by atoms with van der Waals surface area (Å²) in [7, 11) is 2.84. The third-order valence-corrected chi connectivity index (χ3v) is 16.7. The van der Waals surface area contributed by atoms with Gasteiger partial charge in [-0.25, -0.2) is 0 Å². The largest absolute Gasteiger partial charge is 0.397 e. The quantitative estimate of drug-likeness (QED) is 0.590. The first kappa shape index (κ1) is 19.6. The molecule has 0 heterocycles. The van der Waals surface area contributed by atoms with Crippen molar-refractivity contribution in [2.45, 2.75) is 81.0 Å². The molecule has 0 aromatic rings. The van der Waals surface area contributed by atoms with E-state index in [0.717, 1.165) is 5.67 Å². The highest BCUT2D eigenvalue weighted by Crippen LogP contribution is 2.47. The number of rotatable bonds is 8. The maximum Gasteiger partial charge on any atom is 0.342 e. The summed E-state index contributed by atoms with van der Waals surface area (Å²) in [6.45, 7) is 0. The van der Waals surface area contributed by atoms with Crippen molar-refractivity contribution < 1.29 is 17.7 Å². The Morgan fingerprint density at radius 2 is 0.870 bits per heavy atom. The van der Waals surface area contributed by atoms with Gasteiger partial charge in [0.2, 0.25) is 0 Å². The maximum absolute atomic E-state index is 6.17. The minimum atomic E-state index is -2.29. The Kier molecular flexibility index (Phi) is 7.76. The van der Waals surface area contributed by atoms with Crippen molar-refractivity contribution in [3.8, 4) is 0 Å². The summed E-state index contributed by atoms with van der Waals surface area (Å²) in [6.07, 6.45) is 12.9. The third-order valence-electron chi connectivity index (χ3n) is 6.33. The van der Waals surface area contributed by atoms with E-state index >= 15 is 0 Å². The molecule has 0 bridgehead atoms.